The molecule has 0 radical (unpaired) electrons. The van der Waals surface area contributed by atoms with Crippen LogP contribution in [0.4, 0.5) is 0 Å². The minimum atomic E-state index is 0.361. The van der Waals surface area contributed by atoms with E-state index in [2.05, 4.69) is 11.8 Å². The SMILES string of the molecule is Cc1ccc(Cl)c(OCc2sccc2C#CCN)c1. The molecular weight excluding hydrogens is 278 g/mol. The molecular formula is C15H14ClNOS. The van der Waals surface area contributed by atoms with Gasteiger partial charge in [0.2, 0.25) is 0 Å². The summed E-state index contributed by atoms with van der Waals surface area (Å²) in [4.78, 5) is 1.08. The van der Waals surface area contributed by atoms with Gasteiger partial charge < -0.3 is 10.5 Å². The van der Waals surface area contributed by atoms with Gasteiger partial charge in [-0.05, 0) is 36.1 Å². The van der Waals surface area contributed by atoms with Crippen molar-refractivity contribution in [3.8, 4) is 17.6 Å². The van der Waals surface area contributed by atoms with Gasteiger partial charge in [-0.3, -0.25) is 0 Å². The molecule has 0 unspecified atom stereocenters. The third-order valence-electron chi connectivity index (χ3n) is 2.52. The average Bonchev–Trinajstić information content (AvgIpc) is 2.85. The Morgan fingerprint density at radius 2 is 2.21 bits per heavy atom. The van der Waals surface area contributed by atoms with Gasteiger partial charge in [0, 0.05) is 5.56 Å². The average molecular weight is 292 g/mol. The van der Waals surface area contributed by atoms with Crippen LogP contribution in [0.1, 0.15) is 16.0 Å². The van der Waals surface area contributed by atoms with E-state index in [4.69, 9.17) is 22.1 Å². The van der Waals surface area contributed by atoms with E-state index in [1.54, 1.807) is 11.3 Å². The molecule has 2 nitrogen and oxygen atoms in total. The first kappa shape index (κ1) is 14.0. The largest absolute Gasteiger partial charge is 0.486 e. The van der Waals surface area contributed by atoms with Crippen LogP contribution < -0.4 is 10.5 Å². The lowest BCUT2D eigenvalue weighted by molar-refractivity contribution is 0.309. The van der Waals surface area contributed by atoms with E-state index in [-0.39, 0.29) is 0 Å². The summed E-state index contributed by atoms with van der Waals surface area (Å²) in [5, 5.41) is 2.62. The minimum absolute atomic E-state index is 0.361. The van der Waals surface area contributed by atoms with Gasteiger partial charge >= 0.3 is 0 Å². The Labute approximate surface area is 122 Å². The molecule has 19 heavy (non-hydrogen) atoms. The second-order valence-corrected chi connectivity index (χ2v) is 5.39. The summed E-state index contributed by atoms with van der Waals surface area (Å²) in [5.41, 5.74) is 7.47. The molecule has 2 aromatic rings. The van der Waals surface area contributed by atoms with Gasteiger partial charge in [0.05, 0.1) is 16.4 Å². The fraction of sp³-hybridized carbons (Fsp3) is 0.200. The van der Waals surface area contributed by atoms with Crippen molar-refractivity contribution in [2.45, 2.75) is 13.5 Å². The second-order valence-electron chi connectivity index (χ2n) is 3.99. The molecule has 1 aromatic carbocycles. The number of halogens is 1. The standard InChI is InChI=1S/C15H14ClNOS/c1-11-4-5-13(16)14(9-11)18-10-15-12(3-2-7-17)6-8-19-15/h4-6,8-9H,7,10,17H2,1H3. The Balaban J connectivity index is 2.10. The molecule has 0 aliphatic heterocycles. The van der Waals surface area contributed by atoms with Crippen LogP contribution in [0.15, 0.2) is 29.6 Å². The molecule has 4 heteroatoms. The van der Waals surface area contributed by atoms with Crippen molar-refractivity contribution in [1.29, 1.82) is 0 Å². The van der Waals surface area contributed by atoms with Crippen LogP contribution in [0.25, 0.3) is 0 Å². The Morgan fingerprint density at radius 3 is 3.00 bits per heavy atom. The fourth-order valence-corrected chi connectivity index (χ4v) is 2.49. The first-order valence-electron chi connectivity index (χ1n) is 5.85. The van der Waals surface area contributed by atoms with Crippen LogP contribution in [0, 0.1) is 18.8 Å². The Kier molecular flexibility index (Phi) is 4.86. The highest BCUT2D eigenvalue weighted by Crippen LogP contribution is 2.27. The first-order chi connectivity index (χ1) is 9.20. The molecule has 0 atom stereocenters. The molecule has 2 rings (SSSR count). The summed E-state index contributed by atoms with van der Waals surface area (Å²) in [7, 11) is 0. The Morgan fingerprint density at radius 1 is 1.37 bits per heavy atom. The molecule has 1 heterocycles. The van der Waals surface area contributed by atoms with Crippen molar-refractivity contribution in [1.82, 2.24) is 0 Å². The maximum atomic E-state index is 6.09. The van der Waals surface area contributed by atoms with E-state index < -0.39 is 0 Å². The van der Waals surface area contributed by atoms with Gasteiger partial charge in [0.25, 0.3) is 0 Å². The summed E-state index contributed by atoms with van der Waals surface area (Å²) >= 11 is 7.71. The third kappa shape index (κ3) is 3.74. The van der Waals surface area contributed by atoms with Crippen molar-refractivity contribution < 1.29 is 4.74 Å². The van der Waals surface area contributed by atoms with Gasteiger partial charge in [0.1, 0.15) is 12.4 Å². The van der Waals surface area contributed by atoms with E-state index in [1.807, 2.05) is 36.6 Å². The highest BCUT2D eigenvalue weighted by atomic mass is 35.5. The third-order valence-corrected chi connectivity index (χ3v) is 3.72. The molecule has 98 valence electrons. The van der Waals surface area contributed by atoms with E-state index in [9.17, 15) is 0 Å². The summed E-state index contributed by atoms with van der Waals surface area (Å²) in [6.45, 7) is 2.84. The van der Waals surface area contributed by atoms with Crippen LogP contribution in [-0.4, -0.2) is 6.54 Å². The van der Waals surface area contributed by atoms with Gasteiger partial charge in [0.15, 0.2) is 0 Å². The zero-order chi connectivity index (χ0) is 13.7. The molecule has 0 aliphatic rings. The lowest BCUT2D eigenvalue weighted by atomic mass is 10.2. The van der Waals surface area contributed by atoms with Crippen molar-refractivity contribution in [3.05, 3.63) is 50.7 Å². The van der Waals surface area contributed by atoms with Crippen molar-refractivity contribution >= 4 is 22.9 Å². The Hall–Kier alpha value is -1.47. The topological polar surface area (TPSA) is 35.2 Å². The summed E-state index contributed by atoms with van der Waals surface area (Å²) in [6.07, 6.45) is 0. The number of thiophene rings is 1. The highest BCUT2D eigenvalue weighted by molar-refractivity contribution is 7.10. The molecule has 2 N–H and O–H groups in total. The molecule has 1 aromatic heterocycles. The molecule has 0 aliphatic carbocycles. The summed E-state index contributed by atoms with van der Waals surface area (Å²) in [6, 6.07) is 7.71. The zero-order valence-corrected chi connectivity index (χ0v) is 12.1. The number of benzene rings is 1. The monoisotopic (exact) mass is 291 g/mol. The highest BCUT2D eigenvalue weighted by Gasteiger charge is 2.06. The lowest BCUT2D eigenvalue weighted by Gasteiger charge is -2.08. The van der Waals surface area contributed by atoms with Crippen molar-refractivity contribution in [2.24, 2.45) is 5.73 Å². The number of rotatable bonds is 3. The van der Waals surface area contributed by atoms with Crippen LogP contribution in [0.5, 0.6) is 5.75 Å². The molecule has 0 amide bonds. The normalized spacial score (nSPS) is 9.84. The quantitative estimate of drug-likeness (QED) is 0.877. The maximum absolute atomic E-state index is 6.09. The van der Waals surface area contributed by atoms with E-state index in [1.165, 1.54) is 0 Å². The van der Waals surface area contributed by atoms with E-state index >= 15 is 0 Å². The van der Waals surface area contributed by atoms with Crippen LogP contribution in [0.3, 0.4) is 0 Å². The predicted molar refractivity (Wildman–Crippen MR) is 80.8 cm³/mol. The van der Waals surface area contributed by atoms with Gasteiger partial charge in [-0.15, -0.1) is 11.3 Å². The smallest absolute Gasteiger partial charge is 0.138 e. The number of hydrogen-bond donors (Lipinski definition) is 1. The van der Waals surface area contributed by atoms with Gasteiger partial charge in [-0.1, -0.05) is 29.5 Å². The summed E-state index contributed by atoms with van der Waals surface area (Å²) < 4.78 is 5.76. The van der Waals surface area contributed by atoms with E-state index in [0.29, 0.717) is 23.9 Å². The van der Waals surface area contributed by atoms with Gasteiger partial charge in [-0.2, -0.15) is 0 Å². The minimum Gasteiger partial charge on any atom is -0.486 e. The zero-order valence-electron chi connectivity index (χ0n) is 10.6. The summed E-state index contributed by atoms with van der Waals surface area (Å²) in [5.74, 6) is 6.59. The second kappa shape index (κ2) is 6.63. The molecule has 0 saturated heterocycles. The molecule has 0 saturated carbocycles. The van der Waals surface area contributed by atoms with Crippen LogP contribution >= 0.6 is 22.9 Å². The first-order valence-corrected chi connectivity index (χ1v) is 7.10. The fourth-order valence-electron chi connectivity index (χ4n) is 1.57. The maximum Gasteiger partial charge on any atom is 0.138 e. The number of hydrogen-bond acceptors (Lipinski definition) is 3. The van der Waals surface area contributed by atoms with Crippen LogP contribution in [0.2, 0.25) is 5.02 Å². The van der Waals surface area contributed by atoms with Crippen molar-refractivity contribution in [2.75, 3.05) is 6.54 Å². The lowest BCUT2D eigenvalue weighted by Crippen LogP contribution is -1.97. The number of ether oxygens (including phenoxy) is 1. The van der Waals surface area contributed by atoms with Crippen molar-refractivity contribution in [3.63, 3.8) is 0 Å². The molecule has 0 spiro atoms. The van der Waals surface area contributed by atoms with Gasteiger partial charge in [-0.25, -0.2) is 0 Å². The number of aryl methyl sites for hydroxylation is 1. The number of nitrogens with two attached hydrogens (primary N) is 1. The predicted octanol–water partition coefficient (Wildman–Crippen LogP) is 3.60. The van der Waals surface area contributed by atoms with E-state index in [0.717, 1.165) is 16.0 Å². The molecule has 0 bridgehead atoms. The van der Waals surface area contributed by atoms with Crippen LogP contribution in [-0.2, 0) is 6.61 Å². The molecule has 0 fully saturated rings. The Bertz CT molecular complexity index is 625.